The highest BCUT2D eigenvalue weighted by molar-refractivity contribution is 6.31. The maximum absolute atomic E-state index is 13.0. The van der Waals surface area contributed by atoms with Gasteiger partial charge in [-0.25, -0.2) is 4.39 Å². The van der Waals surface area contributed by atoms with E-state index < -0.39 is 0 Å². The Hall–Kier alpha value is -0.640. The van der Waals surface area contributed by atoms with Crippen molar-refractivity contribution in [2.75, 3.05) is 27.2 Å². The zero-order valence-electron chi connectivity index (χ0n) is 10.5. The maximum Gasteiger partial charge on any atom is 0.123 e. The first-order valence-electron chi connectivity index (χ1n) is 5.89. The molecule has 1 aromatic carbocycles. The summed E-state index contributed by atoms with van der Waals surface area (Å²) in [4.78, 5) is 2.17. The van der Waals surface area contributed by atoms with E-state index in [4.69, 9.17) is 11.6 Å². The summed E-state index contributed by atoms with van der Waals surface area (Å²) in [7, 11) is 4.14. The number of hydrogen-bond donors (Lipinski definition) is 1. The highest BCUT2D eigenvalue weighted by Gasteiger charge is 2.01. The summed E-state index contributed by atoms with van der Waals surface area (Å²) in [6.07, 6.45) is 2.28. The third kappa shape index (κ3) is 6.01. The largest absolute Gasteiger partial charge is 0.313 e. The van der Waals surface area contributed by atoms with Crippen LogP contribution in [0.15, 0.2) is 18.2 Å². The third-order valence-electron chi connectivity index (χ3n) is 2.53. The van der Waals surface area contributed by atoms with Gasteiger partial charge in [0.05, 0.1) is 0 Å². The zero-order valence-corrected chi connectivity index (χ0v) is 11.2. The van der Waals surface area contributed by atoms with Gasteiger partial charge in [-0.3, -0.25) is 0 Å². The van der Waals surface area contributed by atoms with Gasteiger partial charge in [-0.1, -0.05) is 11.6 Å². The van der Waals surface area contributed by atoms with Crippen molar-refractivity contribution in [3.63, 3.8) is 0 Å². The van der Waals surface area contributed by atoms with Gasteiger partial charge in [0.2, 0.25) is 0 Å². The summed E-state index contributed by atoms with van der Waals surface area (Å²) in [5.74, 6) is -0.237. The normalized spacial score (nSPS) is 11.1. The maximum atomic E-state index is 13.0. The van der Waals surface area contributed by atoms with Crippen molar-refractivity contribution < 1.29 is 4.39 Å². The number of unbranched alkanes of at least 4 members (excludes halogenated alkanes) is 1. The van der Waals surface area contributed by atoms with Gasteiger partial charge in [-0.05, 0) is 63.8 Å². The Balaban J connectivity index is 2.20. The fourth-order valence-electron chi connectivity index (χ4n) is 1.58. The van der Waals surface area contributed by atoms with E-state index in [0.29, 0.717) is 11.6 Å². The van der Waals surface area contributed by atoms with Crippen LogP contribution >= 0.6 is 11.6 Å². The van der Waals surface area contributed by atoms with Gasteiger partial charge >= 0.3 is 0 Å². The Morgan fingerprint density at radius 3 is 2.76 bits per heavy atom. The molecule has 0 aromatic heterocycles. The van der Waals surface area contributed by atoms with Crippen LogP contribution in [0.1, 0.15) is 18.4 Å². The lowest BCUT2D eigenvalue weighted by Crippen LogP contribution is -2.18. The number of nitrogens with zero attached hydrogens (tertiary/aromatic N) is 1. The van der Waals surface area contributed by atoms with Crippen molar-refractivity contribution >= 4 is 11.6 Å². The second kappa shape index (κ2) is 7.64. The quantitative estimate of drug-likeness (QED) is 0.757. The fourth-order valence-corrected chi connectivity index (χ4v) is 1.76. The van der Waals surface area contributed by atoms with Gasteiger partial charge in [0.15, 0.2) is 0 Å². The summed E-state index contributed by atoms with van der Waals surface area (Å²) in [6, 6.07) is 4.46. The molecule has 1 rings (SSSR count). The van der Waals surface area contributed by atoms with Crippen LogP contribution in [-0.2, 0) is 6.54 Å². The lowest BCUT2D eigenvalue weighted by atomic mass is 10.2. The number of nitrogens with one attached hydrogen (secondary N) is 1. The van der Waals surface area contributed by atoms with Gasteiger partial charge in [0.1, 0.15) is 5.82 Å². The predicted molar refractivity (Wildman–Crippen MR) is 70.9 cm³/mol. The van der Waals surface area contributed by atoms with E-state index in [9.17, 15) is 4.39 Å². The van der Waals surface area contributed by atoms with E-state index in [1.165, 1.54) is 12.1 Å². The van der Waals surface area contributed by atoms with Crippen LogP contribution in [0, 0.1) is 5.82 Å². The third-order valence-corrected chi connectivity index (χ3v) is 2.90. The molecule has 0 fully saturated rings. The Morgan fingerprint density at radius 1 is 1.29 bits per heavy atom. The van der Waals surface area contributed by atoms with Gasteiger partial charge < -0.3 is 10.2 Å². The molecule has 0 saturated carbocycles. The van der Waals surface area contributed by atoms with E-state index in [-0.39, 0.29) is 5.82 Å². The van der Waals surface area contributed by atoms with Crippen LogP contribution in [0.4, 0.5) is 4.39 Å². The molecule has 4 heteroatoms. The highest BCUT2D eigenvalue weighted by atomic mass is 35.5. The molecule has 1 aromatic rings. The Labute approximate surface area is 108 Å². The number of halogens is 2. The highest BCUT2D eigenvalue weighted by Crippen LogP contribution is 2.16. The van der Waals surface area contributed by atoms with E-state index in [1.807, 2.05) is 0 Å². The summed E-state index contributed by atoms with van der Waals surface area (Å²) >= 11 is 5.96. The van der Waals surface area contributed by atoms with Crippen LogP contribution in [0.5, 0.6) is 0 Å². The molecular weight excluding hydrogens is 239 g/mol. The topological polar surface area (TPSA) is 15.3 Å². The van der Waals surface area contributed by atoms with Gasteiger partial charge in [-0.15, -0.1) is 0 Å². The van der Waals surface area contributed by atoms with Gasteiger partial charge in [-0.2, -0.15) is 0 Å². The minimum absolute atomic E-state index is 0.237. The van der Waals surface area contributed by atoms with Gasteiger partial charge in [0, 0.05) is 11.6 Å². The predicted octanol–water partition coefficient (Wildman–Crippen LogP) is 2.91. The van der Waals surface area contributed by atoms with Crippen LogP contribution in [-0.4, -0.2) is 32.1 Å². The van der Waals surface area contributed by atoms with Crippen molar-refractivity contribution in [1.29, 1.82) is 0 Å². The van der Waals surface area contributed by atoms with Crippen molar-refractivity contribution in [1.82, 2.24) is 10.2 Å². The molecule has 0 aliphatic heterocycles. The molecule has 0 saturated heterocycles. The Bertz CT molecular complexity index is 342. The monoisotopic (exact) mass is 258 g/mol. The van der Waals surface area contributed by atoms with Crippen LogP contribution < -0.4 is 5.32 Å². The first-order chi connectivity index (χ1) is 8.09. The molecule has 0 aliphatic rings. The molecule has 1 N–H and O–H groups in total. The molecule has 0 atom stereocenters. The van der Waals surface area contributed by atoms with E-state index in [1.54, 1.807) is 6.07 Å². The minimum atomic E-state index is -0.237. The Kier molecular flexibility index (Phi) is 6.48. The van der Waals surface area contributed by atoms with Crippen LogP contribution in [0.2, 0.25) is 5.02 Å². The van der Waals surface area contributed by atoms with Crippen molar-refractivity contribution in [3.05, 3.63) is 34.6 Å². The van der Waals surface area contributed by atoms with Crippen LogP contribution in [0.25, 0.3) is 0 Å². The second-order valence-electron chi connectivity index (χ2n) is 4.42. The standard InChI is InChI=1S/C13H20ClFN2/c1-17(2)8-4-3-7-16-10-11-9-12(15)5-6-13(11)14/h5-6,9,16H,3-4,7-8,10H2,1-2H3. The van der Waals surface area contributed by atoms with Crippen molar-refractivity contribution in [2.24, 2.45) is 0 Å². The molecule has 2 nitrogen and oxygen atoms in total. The van der Waals surface area contributed by atoms with Crippen molar-refractivity contribution in [2.45, 2.75) is 19.4 Å². The summed E-state index contributed by atoms with van der Waals surface area (Å²) in [5.41, 5.74) is 0.819. The molecule has 0 radical (unpaired) electrons. The smallest absolute Gasteiger partial charge is 0.123 e. The summed E-state index contributed by atoms with van der Waals surface area (Å²) in [5, 5.41) is 3.89. The molecule has 96 valence electrons. The number of rotatable bonds is 7. The second-order valence-corrected chi connectivity index (χ2v) is 4.83. The summed E-state index contributed by atoms with van der Waals surface area (Å²) in [6.45, 7) is 2.65. The minimum Gasteiger partial charge on any atom is -0.313 e. The van der Waals surface area contributed by atoms with E-state index in [2.05, 4.69) is 24.3 Å². The molecule has 17 heavy (non-hydrogen) atoms. The number of benzene rings is 1. The summed E-state index contributed by atoms with van der Waals surface area (Å²) < 4.78 is 13.0. The van der Waals surface area contributed by atoms with Crippen molar-refractivity contribution in [3.8, 4) is 0 Å². The lowest BCUT2D eigenvalue weighted by molar-refractivity contribution is 0.391. The zero-order chi connectivity index (χ0) is 12.7. The Morgan fingerprint density at radius 2 is 2.06 bits per heavy atom. The lowest BCUT2D eigenvalue weighted by Gasteiger charge is -2.10. The fraction of sp³-hybridized carbons (Fsp3) is 0.538. The molecule has 0 heterocycles. The van der Waals surface area contributed by atoms with E-state index >= 15 is 0 Å². The van der Waals surface area contributed by atoms with Gasteiger partial charge in [0.25, 0.3) is 0 Å². The van der Waals surface area contributed by atoms with E-state index in [0.717, 1.165) is 31.5 Å². The average molecular weight is 259 g/mol. The molecule has 0 unspecified atom stereocenters. The number of hydrogen-bond acceptors (Lipinski definition) is 2. The molecule has 0 amide bonds. The average Bonchev–Trinajstić information content (AvgIpc) is 2.27. The molecular formula is C13H20ClFN2. The first kappa shape index (κ1) is 14.4. The molecule has 0 spiro atoms. The SMILES string of the molecule is CN(C)CCCCNCc1cc(F)ccc1Cl. The molecule has 0 aliphatic carbocycles. The molecule has 0 bridgehead atoms. The van der Waals surface area contributed by atoms with Crippen LogP contribution in [0.3, 0.4) is 0 Å². The first-order valence-corrected chi connectivity index (χ1v) is 6.27.